The molecule has 0 bridgehead atoms. The lowest BCUT2D eigenvalue weighted by Gasteiger charge is -2.16. The normalized spacial score (nSPS) is 18.4. The summed E-state index contributed by atoms with van der Waals surface area (Å²) in [5, 5.41) is 0.903. The molecule has 1 aromatic carbocycles. The average molecular weight is 338 g/mol. The lowest BCUT2D eigenvalue weighted by Crippen LogP contribution is -2.13. The van der Waals surface area contributed by atoms with E-state index in [1.54, 1.807) is 0 Å². The first-order valence-electron chi connectivity index (χ1n) is 7.28. The molecule has 1 aromatic rings. The van der Waals surface area contributed by atoms with Crippen molar-refractivity contribution in [2.24, 2.45) is 10.9 Å². The van der Waals surface area contributed by atoms with E-state index in [0.717, 1.165) is 24.3 Å². The number of benzene rings is 1. The van der Waals surface area contributed by atoms with E-state index in [4.69, 9.17) is 9.73 Å². The van der Waals surface area contributed by atoms with Crippen molar-refractivity contribution in [1.29, 1.82) is 0 Å². The number of hydrogen-bond acceptors (Lipinski definition) is 2. The number of aryl methyl sites for hydroxylation is 2. The Balaban J connectivity index is 2.29. The smallest absolute Gasteiger partial charge is 0.188 e. The maximum absolute atomic E-state index is 5.78. The molecule has 1 atom stereocenters. The van der Waals surface area contributed by atoms with Gasteiger partial charge in [0.2, 0.25) is 0 Å². The quantitative estimate of drug-likeness (QED) is 0.741. The van der Waals surface area contributed by atoms with Crippen LogP contribution < -0.4 is 0 Å². The molecule has 0 radical (unpaired) electrons. The molecular formula is C17H24BrNO. The molecule has 3 heteroatoms. The van der Waals surface area contributed by atoms with Crippen LogP contribution in [0.2, 0.25) is 0 Å². The second-order valence-electron chi connectivity index (χ2n) is 6.05. The molecule has 1 aliphatic rings. The van der Waals surface area contributed by atoms with Crippen molar-refractivity contribution < 1.29 is 4.74 Å². The first-order chi connectivity index (χ1) is 9.43. The summed E-state index contributed by atoms with van der Waals surface area (Å²) >= 11 is 3.60. The third kappa shape index (κ3) is 3.08. The van der Waals surface area contributed by atoms with Gasteiger partial charge in [-0.2, -0.15) is 0 Å². The highest BCUT2D eigenvalue weighted by Gasteiger charge is 2.23. The van der Waals surface area contributed by atoms with Gasteiger partial charge in [-0.3, -0.25) is 0 Å². The van der Waals surface area contributed by atoms with Gasteiger partial charge in [0.15, 0.2) is 5.90 Å². The van der Waals surface area contributed by atoms with Crippen molar-refractivity contribution >= 4 is 21.8 Å². The predicted octanol–water partition coefficient (Wildman–Crippen LogP) is 4.50. The summed E-state index contributed by atoms with van der Waals surface area (Å²) < 4.78 is 5.78. The lowest BCUT2D eigenvalue weighted by atomic mass is 9.92. The number of hydrogen-bond donors (Lipinski definition) is 0. The van der Waals surface area contributed by atoms with Gasteiger partial charge >= 0.3 is 0 Å². The summed E-state index contributed by atoms with van der Waals surface area (Å²) in [7, 11) is 0. The SMILES string of the molecule is Cc1cc(C)c(CC2=N[C@@H](C(C)C)CO2)c(C)c1CBr. The summed E-state index contributed by atoms with van der Waals surface area (Å²) in [5.41, 5.74) is 6.83. The molecule has 0 amide bonds. The van der Waals surface area contributed by atoms with Crippen LogP contribution in [-0.2, 0) is 16.5 Å². The van der Waals surface area contributed by atoms with Gasteiger partial charge in [0.05, 0.1) is 6.04 Å². The van der Waals surface area contributed by atoms with Gasteiger partial charge in [0.1, 0.15) is 6.61 Å². The zero-order valence-electron chi connectivity index (χ0n) is 13.1. The number of alkyl halides is 1. The fourth-order valence-corrected chi connectivity index (χ4v) is 3.64. The molecule has 0 unspecified atom stereocenters. The highest BCUT2D eigenvalue weighted by molar-refractivity contribution is 9.08. The van der Waals surface area contributed by atoms with E-state index in [-0.39, 0.29) is 0 Å². The maximum Gasteiger partial charge on any atom is 0.188 e. The van der Waals surface area contributed by atoms with Crippen LogP contribution in [0.3, 0.4) is 0 Å². The predicted molar refractivity (Wildman–Crippen MR) is 89.0 cm³/mol. The minimum absolute atomic E-state index is 0.326. The Hall–Kier alpha value is -0.830. The summed E-state index contributed by atoms with van der Waals surface area (Å²) in [4.78, 5) is 4.73. The van der Waals surface area contributed by atoms with Crippen LogP contribution >= 0.6 is 15.9 Å². The zero-order valence-corrected chi connectivity index (χ0v) is 14.7. The fourth-order valence-electron chi connectivity index (χ4n) is 2.78. The largest absolute Gasteiger partial charge is 0.478 e. The summed E-state index contributed by atoms with van der Waals surface area (Å²) in [6, 6.07) is 2.60. The second kappa shape index (κ2) is 6.30. The van der Waals surface area contributed by atoms with Gasteiger partial charge < -0.3 is 4.74 Å². The summed E-state index contributed by atoms with van der Waals surface area (Å²) in [6.07, 6.45) is 0.821. The minimum atomic E-state index is 0.326. The first kappa shape index (κ1) is 15.6. The highest BCUT2D eigenvalue weighted by atomic mass is 79.9. The lowest BCUT2D eigenvalue weighted by molar-refractivity contribution is 0.287. The van der Waals surface area contributed by atoms with Crippen molar-refractivity contribution in [1.82, 2.24) is 0 Å². The van der Waals surface area contributed by atoms with Crippen molar-refractivity contribution in [2.75, 3.05) is 6.61 Å². The molecule has 0 spiro atoms. The molecule has 0 fully saturated rings. The standard InChI is InChI=1S/C17H24BrNO/c1-10(2)16-9-20-17(19-16)7-14-11(3)6-12(4)15(8-18)13(14)5/h6,10,16H,7-9H2,1-5H3/t16-/m1/s1. The van der Waals surface area contributed by atoms with Crippen LogP contribution in [0, 0.1) is 26.7 Å². The number of aliphatic imine (C=N–C) groups is 1. The van der Waals surface area contributed by atoms with E-state index in [1.807, 2.05) is 0 Å². The van der Waals surface area contributed by atoms with Gasteiger partial charge in [-0.25, -0.2) is 4.99 Å². The molecule has 2 nitrogen and oxygen atoms in total. The van der Waals surface area contributed by atoms with Crippen molar-refractivity contribution in [3.05, 3.63) is 33.9 Å². The Bertz CT molecular complexity index is 534. The van der Waals surface area contributed by atoms with Crippen LogP contribution in [0.5, 0.6) is 0 Å². The maximum atomic E-state index is 5.78. The Morgan fingerprint density at radius 2 is 1.90 bits per heavy atom. The van der Waals surface area contributed by atoms with E-state index in [9.17, 15) is 0 Å². The number of ether oxygens (including phenoxy) is 1. The molecule has 0 saturated carbocycles. The first-order valence-corrected chi connectivity index (χ1v) is 8.40. The molecule has 0 aliphatic carbocycles. The Morgan fingerprint density at radius 3 is 2.45 bits per heavy atom. The molecule has 1 aliphatic heterocycles. The molecule has 0 N–H and O–H groups in total. The van der Waals surface area contributed by atoms with Crippen LogP contribution in [0.15, 0.2) is 11.1 Å². The Morgan fingerprint density at radius 1 is 1.25 bits per heavy atom. The molecule has 0 aromatic heterocycles. The minimum Gasteiger partial charge on any atom is -0.478 e. The number of halogens is 1. The van der Waals surface area contributed by atoms with Gasteiger partial charge in [-0.15, -0.1) is 0 Å². The van der Waals surface area contributed by atoms with Crippen molar-refractivity contribution in [2.45, 2.75) is 52.4 Å². The number of nitrogens with zero attached hydrogens (tertiary/aromatic N) is 1. The van der Waals surface area contributed by atoms with Crippen LogP contribution in [-0.4, -0.2) is 18.5 Å². The second-order valence-corrected chi connectivity index (χ2v) is 6.61. The molecular weight excluding hydrogens is 314 g/mol. The fraction of sp³-hybridized carbons (Fsp3) is 0.588. The van der Waals surface area contributed by atoms with Crippen molar-refractivity contribution in [3.63, 3.8) is 0 Å². The Kier molecular flexibility index (Phi) is 4.90. The molecule has 2 rings (SSSR count). The van der Waals surface area contributed by atoms with Crippen LogP contribution in [0.4, 0.5) is 0 Å². The van der Waals surface area contributed by atoms with Gasteiger partial charge in [0, 0.05) is 11.8 Å². The number of rotatable bonds is 4. The summed E-state index contributed by atoms with van der Waals surface area (Å²) in [5.74, 6) is 1.45. The van der Waals surface area contributed by atoms with E-state index >= 15 is 0 Å². The van der Waals surface area contributed by atoms with E-state index in [0.29, 0.717) is 12.0 Å². The van der Waals surface area contributed by atoms with Gasteiger partial charge in [0.25, 0.3) is 0 Å². The third-order valence-corrected chi connectivity index (χ3v) is 4.81. The molecule has 1 heterocycles. The van der Waals surface area contributed by atoms with Gasteiger partial charge in [-0.05, 0) is 54.5 Å². The molecule has 110 valence electrons. The zero-order chi connectivity index (χ0) is 14.9. The van der Waals surface area contributed by atoms with Crippen molar-refractivity contribution in [3.8, 4) is 0 Å². The van der Waals surface area contributed by atoms with E-state index < -0.39 is 0 Å². The summed E-state index contributed by atoms with van der Waals surface area (Å²) in [6.45, 7) is 11.7. The topological polar surface area (TPSA) is 21.6 Å². The molecule has 20 heavy (non-hydrogen) atoms. The van der Waals surface area contributed by atoms with Gasteiger partial charge in [-0.1, -0.05) is 35.8 Å². The van der Waals surface area contributed by atoms with Crippen LogP contribution in [0.1, 0.15) is 41.7 Å². The monoisotopic (exact) mass is 337 g/mol. The average Bonchev–Trinajstić information content (AvgIpc) is 2.83. The van der Waals surface area contributed by atoms with E-state index in [1.165, 1.54) is 27.8 Å². The Labute approximate surface area is 130 Å². The van der Waals surface area contributed by atoms with E-state index in [2.05, 4.69) is 56.6 Å². The third-order valence-electron chi connectivity index (χ3n) is 4.25. The van der Waals surface area contributed by atoms with Crippen LogP contribution in [0.25, 0.3) is 0 Å². The molecule has 0 saturated heterocycles. The highest BCUT2D eigenvalue weighted by Crippen LogP contribution is 2.26.